The fraction of sp³-hybridized carbons (Fsp3) is 0. The van der Waals surface area contributed by atoms with E-state index in [9.17, 15) is 4.80 Å². The Morgan fingerprint density at radius 3 is 1.84 bits per heavy atom. The summed E-state index contributed by atoms with van der Waals surface area (Å²) in [4.78, 5) is 12.2. The number of halogens is 1. The van der Waals surface area contributed by atoms with Crippen molar-refractivity contribution in [2.24, 2.45) is 0 Å². The maximum Gasteiger partial charge on any atom is 0.286 e. The second-order valence-electron chi connectivity index (χ2n) is 7.14. The smallest absolute Gasteiger partial charge is 0.286 e. The molecule has 0 spiro atoms. The highest BCUT2D eigenvalue weighted by molar-refractivity contribution is 7.06. The van der Waals surface area contributed by atoms with Crippen molar-refractivity contribution in [2.75, 3.05) is 0 Å². The lowest BCUT2D eigenvalue weighted by atomic mass is 10.2. The second-order valence-corrected chi connectivity index (χ2v) is 10.7. The average Bonchev–Trinajstić information content (AvgIpc) is 2.84. The van der Waals surface area contributed by atoms with Gasteiger partial charge in [0.1, 0.15) is 0 Å². The maximum absolute atomic E-state index is 12.2. The van der Waals surface area contributed by atoms with Crippen molar-refractivity contribution < 1.29 is 4.80 Å². The Bertz CT molecular complexity index is 1200. The zero-order valence-electron chi connectivity index (χ0n) is 16.9. The molecule has 0 heterocycles. The van der Waals surface area contributed by atoms with Gasteiger partial charge in [-0.2, -0.15) is 0 Å². The highest BCUT2D eigenvalue weighted by Gasteiger charge is 2.39. The number of rotatable bonds is 4. The monoisotopic (exact) mass is 436 g/mol. The Hall–Kier alpha value is -3.35. The van der Waals surface area contributed by atoms with Crippen LogP contribution in [0.15, 0.2) is 115 Å². The van der Waals surface area contributed by atoms with Gasteiger partial charge in [-0.25, -0.2) is 0 Å². The van der Waals surface area contributed by atoms with Crippen molar-refractivity contribution in [2.45, 2.75) is 0 Å². The van der Waals surface area contributed by atoms with Crippen LogP contribution < -0.4 is 15.6 Å². The molecule has 0 bridgehead atoms. The summed E-state index contributed by atoms with van der Waals surface area (Å²) in [6.07, 6.45) is 3.77. The van der Waals surface area contributed by atoms with Crippen molar-refractivity contribution in [3.63, 3.8) is 0 Å². The van der Waals surface area contributed by atoms with E-state index in [4.69, 9.17) is 11.6 Å². The summed E-state index contributed by atoms with van der Waals surface area (Å²) in [6.45, 7) is 0. The normalized spacial score (nSPS) is 11.2. The first-order valence-electron chi connectivity index (χ1n) is 10.0. The molecule has 150 valence electrons. The molecule has 0 radical (unpaired) electrons. The highest BCUT2D eigenvalue weighted by atomic mass is 35.5. The van der Waals surface area contributed by atoms with Crippen LogP contribution in [0.3, 0.4) is 0 Å². The Morgan fingerprint density at radius 1 is 0.677 bits per heavy atom. The summed E-state index contributed by atoms with van der Waals surface area (Å²) in [6, 6.07) is 35.4. The van der Waals surface area contributed by atoms with E-state index in [1.54, 1.807) is 0 Å². The van der Waals surface area contributed by atoms with E-state index in [-0.39, 0.29) is 0 Å². The van der Waals surface area contributed by atoms with Crippen LogP contribution in [0.2, 0.25) is 5.02 Å². The maximum atomic E-state index is 12.2. The van der Waals surface area contributed by atoms with E-state index in [0.29, 0.717) is 5.02 Å². The number of hydrogen-bond donors (Lipinski definition) is 1. The van der Waals surface area contributed by atoms with Crippen LogP contribution in [0.25, 0.3) is 6.08 Å². The Labute approximate surface area is 189 Å². The topological polar surface area (TPSA) is 20.2 Å². The predicted molar refractivity (Wildman–Crippen MR) is 134 cm³/mol. The van der Waals surface area contributed by atoms with E-state index in [1.807, 2.05) is 121 Å². The van der Waals surface area contributed by atoms with Crippen LogP contribution in [-0.4, -0.2) is 13.1 Å². The largest absolute Gasteiger partial charge is 0.421 e. The number of benzene rings is 4. The standard InChI is InChI=1S/C28H21ClOSi/c29-25-21-19-23(20-22-25)11-7-8-12-24-13-9-10-18-28(24)31(30,26-14-3-1-4-15-26)27-16-5-2-6-17-27/h1-7,9-11,13-22,30H/b11-7+. The minimum absolute atomic E-state index is 0.711. The number of allylic oxidation sites excluding steroid dienone is 1. The van der Waals surface area contributed by atoms with Gasteiger partial charge in [0.25, 0.3) is 8.32 Å². The lowest BCUT2D eigenvalue weighted by Crippen LogP contribution is -2.68. The third kappa shape index (κ3) is 4.71. The van der Waals surface area contributed by atoms with Gasteiger partial charge in [-0.1, -0.05) is 114 Å². The molecule has 0 amide bonds. The summed E-state index contributed by atoms with van der Waals surface area (Å²) >= 11 is 5.94. The van der Waals surface area contributed by atoms with Crippen molar-refractivity contribution in [3.8, 4) is 11.8 Å². The summed E-state index contributed by atoms with van der Waals surface area (Å²) in [7, 11) is -3.19. The van der Waals surface area contributed by atoms with Crippen LogP contribution in [0.5, 0.6) is 0 Å². The Morgan fingerprint density at radius 2 is 1.23 bits per heavy atom. The predicted octanol–water partition coefficient (Wildman–Crippen LogP) is 4.36. The molecular formula is C28H21ClOSi. The van der Waals surface area contributed by atoms with Gasteiger partial charge in [0.2, 0.25) is 0 Å². The molecule has 0 unspecified atom stereocenters. The molecular weight excluding hydrogens is 416 g/mol. The zero-order valence-corrected chi connectivity index (χ0v) is 18.6. The summed E-state index contributed by atoms with van der Waals surface area (Å²) < 4.78 is 0. The number of hydrogen-bond acceptors (Lipinski definition) is 1. The molecule has 4 aromatic carbocycles. The van der Waals surface area contributed by atoms with Gasteiger partial charge in [0.05, 0.1) is 0 Å². The van der Waals surface area contributed by atoms with Crippen LogP contribution in [0.1, 0.15) is 11.1 Å². The van der Waals surface area contributed by atoms with Gasteiger partial charge < -0.3 is 4.80 Å². The molecule has 4 rings (SSSR count). The first kappa shape index (κ1) is 20.9. The fourth-order valence-electron chi connectivity index (χ4n) is 3.58. The Kier molecular flexibility index (Phi) is 6.50. The molecule has 0 saturated heterocycles. The Balaban J connectivity index is 1.76. The van der Waals surface area contributed by atoms with Gasteiger partial charge in [0.15, 0.2) is 0 Å². The van der Waals surface area contributed by atoms with Crippen molar-refractivity contribution >= 4 is 41.6 Å². The van der Waals surface area contributed by atoms with E-state index in [2.05, 4.69) is 11.8 Å². The molecule has 1 nitrogen and oxygen atoms in total. The molecule has 0 aliphatic heterocycles. The fourth-order valence-corrected chi connectivity index (χ4v) is 6.88. The van der Waals surface area contributed by atoms with Crippen LogP contribution in [0.4, 0.5) is 0 Å². The van der Waals surface area contributed by atoms with E-state index >= 15 is 0 Å². The highest BCUT2D eigenvalue weighted by Crippen LogP contribution is 2.11. The first-order chi connectivity index (χ1) is 15.2. The molecule has 0 fully saturated rings. The van der Waals surface area contributed by atoms with Gasteiger partial charge >= 0.3 is 0 Å². The quantitative estimate of drug-likeness (QED) is 0.286. The van der Waals surface area contributed by atoms with E-state index in [1.165, 1.54) is 0 Å². The SMILES string of the molecule is O[Si](c1ccccc1)(c1ccccc1)c1ccccc1C#C/C=C/c1ccc(Cl)cc1. The van der Waals surface area contributed by atoms with Crippen LogP contribution in [0, 0.1) is 11.8 Å². The lowest BCUT2D eigenvalue weighted by molar-refractivity contribution is 0.583. The van der Waals surface area contributed by atoms with Crippen LogP contribution in [-0.2, 0) is 0 Å². The average molecular weight is 437 g/mol. The van der Waals surface area contributed by atoms with Gasteiger partial charge in [-0.15, -0.1) is 0 Å². The molecule has 0 aromatic heterocycles. The second kappa shape index (κ2) is 9.64. The molecule has 0 aliphatic rings. The zero-order chi connectivity index (χ0) is 21.5. The summed E-state index contributed by atoms with van der Waals surface area (Å²) in [5.74, 6) is 6.38. The molecule has 1 N–H and O–H groups in total. The molecule has 31 heavy (non-hydrogen) atoms. The molecule has 3 heteroatoms. The van der Waals surface area contributed by atoms with Crippen molar-refractivity contribution in [3.05, 3.63) is 131 Å². The third-order valence-electron chi connectivity index (χ3n) is 5.14. The van der Waals surface area contributed by atoms with E-state index in [0.717, 1.165) is 26.7 Å². The van der Waals surface area contributed by atoms with Crippen LogP contribution >= 0.6 is 11.6 Å². The first-order valence-corrected chi connectivity index (χ1v) is 12.4. The lowest BCUT2D eigenvalue weighted by Gasteiger charge is -2.28. The minimum atomic E-state index is -3.19. The molecule has 0 saturated carbocycles. The van der Waals surface area contributed by atoms with E-state index < -0.39 is 8.32 Å². The van der Waals surface area contributed by atoms with Gasteiger partial charge in [-0.05, 0) is 51.5 Å². The third-order valence-corrected chi connectivity index (χ3v) is 8.94. The summed E-state index contributed by atoms with van der Waals surface area (Å²) in [5.41, 5.74) is 1.87. The van der Waals surface area contributed by atoms with Gasteiger partial charge in [-0.3, -0.25) is 0 Å². The van der Waals surface area contributed by atoms with Crippen molar-refractivity contribution in [1.29, 1.82) is 0 Å². The molecule has 0 aliphatic carbocycles. The van der Waals surface area contributed by atoms with Crippen molar-refractivity contribution in [1.82, 2.24) is 0 Å². The molecule has 4 aromatic rings. The minimum Gasteiger partial charge on any atom is -0.421 e. The summed E-state index contributed by atoms with van der Waals surface area (Å²) in [5, 5.41) is 3.47. The molecule has 0 atom stereocenters. The van der Waals surface area contributed by atoms with Gasteiger partial charge in [0, 0.05) is 10.6 Å².